The predicted octanol–water partition coefficient (Wildman–Crippen LogP) is 4.94. The van der Waals surface area contributed by atoms with Gasteiger partial charge < -0.3 is 0 Å². The van der Waals surface area contributed by atoms with Gasteiger partial charge in [-0.25, -0.2) is 0 Å². The van der Waals surface area contributed by atoms with E-state index < -0.39 is 18.9 Å². The van der Waals surface area contributed by atoms with E-state index in [0.29, 0.717) is 0 Å². The van der Waals surface area contributed by atoms with E-state index in [1.54, 1.807) is 11.1 Å². The molecular formula is C16H21Cl2SiZr. The quantitative estimate of drug-likeness (QED) is 0.592. The van der Waals surface area contributed by atoms with Gasteiger partial charge in [-0.15, -0.1) is 24.8 Å². The average Bonchev–Trinajstić information content (AvgIpc) is 2.65. The first kappa shape index (κ1) is 18.2. The van der Waals surface area contributed by atoms with Gasteiger partial charge in [-0.3, -0.25) is 0 Å². The van der Waals surface area contributed by atoms with E-state index >= 15 is 0 Å². The molecule has 0 saturated carbocycles. The van der Waals surface area contributed by atoms with E-state index in [-0.39, 0.29) is 24.8 Å². The largest absolute Gasteiger partial charge is 0.147 e. The van der Waals surface area contributed by atoms with Crippen molar-refractivity contribution in [1.29, 1.82) is 0 Å². The van der Waals surface area contributed by atoms with Crippen LogP contribution < -0.4 is 0 Å². The molecular weight excluding hydrogens is 382 g/mol. The second-order valence-electron chi connectivity index (χ2n) is 6.10. The molecule has 0 fully saturated rings. The second-order valence-corrected chi connectivity index (χ2v) is 28.1. The Morgan fingerprint density at radius 2 is 1.65 bits per heavy atom. The van der Waals surface area contributed by atoms with E-state index in [9.17, 15) is 0 Å². The smallest absolute Gasteiger partial charge is 0.147 e. The van der Waals surface area contributed by atoms with Crippen LogP contribution in [0, 0.1) is 0 Å². The molecule has 0 heterocycles. The Morgan fingerprint density at radius 3 is 2.30 bits per heavy atom. The average molecular weight is 404 g/mol. The minimum absolute atomic E-state index is 0. The molecule has 0 spiro atoms. The van der Waals surface area contributed by atoms with E-state index in [4.69, 9.17) is 0 Å². The summed E-state index contributed by atoms with van der Waals surface area (Å²) in [6, 6.07) is 13.4. The SMILES string of the molecule is CC1=Cc2ccc3ccccc3c2[CH]1[Zr]([CH3])([CH3])=[SiH2].Cl.Cl. The summed E-state index contributed by atoms with van der Waals surface area (Å²) >= 11 is -1.96. The molecule has 0 N–H and O–H groups in total. The van der Waals surface area contributed by atoms with Crippen LogP contribution in [0.25, 0.3) is 16.8 Å². The van der Waals surface area contributed by atoms with Crippen molar-refractivity contribution in [2.45, 2.75) is 19.8 Å². The van der Waals surface area contributed by atoms with Crippen molar-refractivity contribution in [3.63, 3.8) is 0 Å². The van der Waals surface area contributed by atoms with Gasteiger partial charge >= 0.3 is 116 Å². The Hall–Kier alpha value is 0.120. The summed E-state index contributed by atoms with van der Waals surface area (Å²) in [5, 5.41) is 2.87. The van der Waals surface area contributed by atoms with Gasteiger partial charge in [-0.1, -0.05) is 0 Å². The first-order valence-corrected chi connectivity index (χ1v) is 18.8. The van der Waals surface area contributed by atoms with Crippen LogP contribution in [0.1, 0.15) is 21.7 Å². The molecule has 0 radical (unpaired) electrons. The zero-order valence-electron chi connectivity index (χ0n) is 12.1. The molecule has 0 nitrogen and oxygen atoms in total. The molecule has 1 atom stereocenters. The minimum Gasteiger partial charge on any atom is -0.147 e. The van der Waals surface area contributed by atoms with Gasteiger partial charge in [0.1, 0.15) is 0 Å². The zero-order chi connectivity index (χ0) is 12.9. The van der Waals surface area contributed by atoms with Crippen LogP contribution in [0.3, 0.4) is 0 Å². The maximum absolute atomic E-state index is 2.56. The van der Waals surface area contributed by atoms with Gasteiger partial charge in [-0.05, 0) is 0 Å². The standard InChI is InChI=1S/C14H11.2CH3.2ClH.H2Si.Zr/c1-10-8-12-7-6-11-4-2-3-5-13(11)14(12)9-10;;;;;;/h2-9H,1H3;2*1H3;2*1H;1H2;. The van der Waals surface area contributed by atoms with Gasteiger partial charge in [0.15, 0.2) is 0 Å². The van der Waals surface area contributed by atoms with Crippen molar-refractivity contribution in [1.82, 2.24) is 0 Å². The molecule has 0 saturated heterocycles. The predicted molar refractivity (Wildman–Crippen MR) is 95.1 cm³/mol. The Labute approximate surface area is 139 Å². The second kappa shape index (κ2) is 6.48. The third-order valence-corrected chi connectivity index (χ3v) is 12.0. The summed E-state index contributed by atoms with van der Waals surface area (Å²) in [5.74, 6) is 0. The van der Waals surface area contributed by atoms with E-state index in [0.717, 1.165) is 3.63 Å². The normalized spacial score (nSPS) is 16.9. The molecule has 20 heavy (non-hydrogen) atoms. The van der Waals surface area contributed by atoms with E-state index in [1.807, 2.05) is 0 Å². The van der Waals surface area contributed by atoms with Crippen molar-refractivity contribution >= 4 is 48.5 Å². The number of hydrogen-bond acceptors (Lipinski definition) is 0. The molecule has 0 bridgehead atoms. The number of hydrogen-bond donors (Lipinski definition) is 0. The van der Waals surface area contributed by atoms with Crippen LogP contribution in [-0.4, -0.2) is 6.88 Å². The van der Waals surface area contributed by atoms with Crippen molar-refractivity contribution in [2.24, 2.45) is 0 Å². The first-order valence-electron chi connectivity index (χ1n) is 6.53. The number of benzene rings is 2. The van der Waals surface area contributed by atoms with Crippen LogP contribution in [0.2, 0.25) is 9.26 Å². The molecule has 0 amide bonds. The third kappa shape index (κ3) is 2.99. The van der Waals surface area contributed by atoms with Crippen molar-refractivity contribution in [3.05, 3.63) is 53.1 Å². The van der Waals surface area contributed by atoms with Crippen LogP contribution in [0.5, 0.6) is 0 Å². The summed E-state index contributed by atoms with van der Waals surface area (Å²) in [7, 11) is 0. The van der Waals surface area contributed by atoms with Crippen LogP contribution in [0.15, 0.2) is 42.0 Å². The van der Waals surface area contributed by atoms with Crippen LogP contribution in [0.4, 0.5) is 0 Å². The summed E-state index contributed by atoms with van der Waals surface area (Å²) in [6.07, 6.45) is 2.42. The molecule has 2 aromatic carbocycles. The maximum atomic E-state index is 2.56. The molecule has 2 aromatic rings. The van der Waals surface area contributed by atoms with E-state index in [2.05, 4.69) is 65.5 Å². The number of allylic oxidation sites excluding steroid dienone is 1. The van der Waals surface area contributed by atoms with Gasteiger partial charge in [0.2, 0.25) is 0 Å². The van der Waals surface area contributed by atoms with Crippen LogP contribution in [-0.2, 0) is 18.9 Å². The summed E-state index contributed by atoms with van der Waals surface area (Å²) in [4.78, 5) is 0. The molecule has 4 heteroatoms. The van der Waals surface area contributed by atoms with Gasteiger partial charge in [0.25, 0.3) is 0 Å². The summed E-state index contributed by atoms with van der Waals surface area (Å²) in [6.45, 7) is 4.65. The molecule has 0 aromatic heterocycles. The fourth-order valence-corrected chi connectivity index (χ4v) is 12.4. The van der Waals surface area contributed by atoms with Gasteiger partial charge in [-0.2, -0.15) is 0 Å². The van der Waals surface area contributed by atoms with Crippen molar-refractivity contribution in [3.8, 4) is 0 Å². The third-order valence-electron chi connectivity index (χ3n) is 3.91. The summed E-state index contributed by atoms with van der Waals surface area (Å²) in [5.41, 5.74) is 4.69. The fourth-order valence-electron chi connectivity index (χ4n) is 3.32. The minimum atomic E-state index is -1.96. The summed E-state index contributed by atoms with van der Waals surface area (Å²) < 4.78 is 5.89. The van der Waals surface area contributed by atoms with Crippen molar-refractivity contribution in [2.75, 3.05) is 0 Å². The van der Waals surface area contributed by atoms with Crippen molar-refractivity contribution < 1.29 is 18.9 Å². The van der Waals surface area contributed by atoms with Gasteiger partial charge in [0, 0.05) is 0 Å². The van der Waals surface area contributed by atoms with Crippen LogP contribution >= 0.6 is 24.8 Å². The van der Waals surface area contributed by atoms with Gasteiger partial charge in [0.05, 0.1) is 0 Å². The molecule has 1 unspecified atom stereocenters. The first-order chi connectivity index (χ1) is 8.48. The Morgan fingerprint density at radius 1 is 1.00 bits per heavy atom. The monoisotopic (exact) mass is 401 g/mol. The Kier molecular flexibility index (Phi) is 5.89. The Balaban J connectivity index is 0.000001000. The fraction of sp³-hybridized carbons (Fsp3) is 0.250. The maximum Gasteiger partial charge on any atom is -0.147 e. The van der Waals surface area contributed by atoms with E-state index in [1.165, 1.54) is 16.3 Å². The molecule has 3 rings (SSSR count). The molecule has 1 aliphatic carbocycles. The number of fused-ring (bicyclic) bond motifs is 3. The topological polar surface area (TPSA) is 0 Å². The number of halogens is 2. The Bertz CT molecular complexity index is 715. The number of rotatable bonds is 1. The molecule has 1 aliphatic rings. The molecule has 107 valence electrons. The molecule has 0 aliphatic heterocycles. The zero-order valence-corrected chi connectivity index (χ0v) is 17.6.